The first-order valence-electron chi connectivity index (χ1n) is 18.2. The lowest BCUT2D eigenvalue weighted by molar-refractivity contribution is 0.0665. The van der Waals surface area contributed by atoms with Gasteiger partial charge in [-0.3, -0.25) is 0 Å². The van der Waals surface area contributed by atoms with Crippen molar-refractivity contribution in [2.45, 2.75) is 118 Å². The molecule has 0 spiro atoms. The van der Waals surface area contributed by atoms with E-state index in [0.29, 0.717) is 17.8 Å². The van der Waals surface area contributed by atoms with E-state index >= 15 is 0 Å². The van der Waals surface area contributed by atoms with Crippen molar-refractivity contribution in [1.82, 2.24) is 0 Å². The van der Waals surface area contributed by atoms with Gasteiger partial charge in [-0.05, 0) is 141 Å². The van der Waals surface area contributed by atoms with Crippen LogP contribution in [0.25, 0.3) is 17.2 Å². The zero-order chi connectivity index (χ0) is 32.8. The summed E-state index contributed by atoms with van der Waals surface area (Å²) in [6.07, 6.45) is 16.7. The molecule has 0 aromatic heterocycles. The van der Waals surface area contributed by atoms with E-state index in [9.17, 15) is 10.4 Å². The van der Waals surface area contributed by atoms with Crippen molar-refractivity contribution in [2.24, 2.45) is 23.7 Å². The van der Waals surface area contributed by atoms with Gasteiger partial charge in [0.15, 0.2) is 0 Å². The van der Waals surface area contributed by atoms with Gasteiger partial charge >= 0.3 is 0 Å². The summed E-state index contributed by atoms with van der Waals surface area (Å²) in [5.41, 5.74) is 11.8. The fourth-order valence-electron chi connectivity index (χ4n) is 8.30. The number of allylic oxidation sites excluding steroid dienone is 4. The predicted octanol–water partition coefficient (Wildman–Crippen LogP) is 10.9. The Kier molecular flexibility index (Phi) is 11.5. The van der Waals surface area contributed by atoms with Crippen LogP contribution in [0.15, 0.2) is 64.8 Å². The van der Waals surface area contributed by atoms with Crippen LogP contribution in [-0.2, 0) is 11.2 Å². The normalized spacial score (nSPS) is 22.1. The van der Waals surface area contributed by atoms with E-state index in [1.54, 1.807) is 5.57 Å². The molecule has 0 radical (unpaired) electrons. The molecule has 4 unspecified atom stereocenters. The minimum Gasteiger partial charge on any atom is -0.386 e. The zero-order valence-electron chi connectivity index (χ0n) is 29.4. The lowest BCUT2D eigenvalue weighted by atomic mass is 9.78. The van der Waals surface area contributed by atoms with E-state index in [2.05, 4.69) is 96.2 Å². The minimum absolute atomic E-state index is 0.508. The summed E-state index contributed by atoms with van der Waals surface area (Å²) >= 11 is 0. The fourth-order valence-corrected chi connectivity index (χ4v) is 8.30. The van der Waals surface area contributed by atoms with E-state index in [4.69, 9.17) is 4.74 Å². The summed E-state index contributed by atoms with van der Waals surface area (Å²) in [4.78, 5) is 0. The highest BCUT2D eigenvalue weighted by Gasteiger charge is 2.49. The Bertz CT molecular complexity index is 1510. The second-order valence-electron chi connectivity index (χ2n) is 14.8. The molecule has 2 aromatic rings. The molecule has 3 nitrogen and oxygen atoms in total. The predicted molar refractivity (Wildman–Crippen MR) is 192 cm³/mol. The van der Waals surface area contributed by atoms with Crippen LogP contribution in [0.4, 0.5) is 0 Å². The van der Waals surface area contributed by atoms with Crippen LogP contribution < -0.4 is 0 Å². The molecule has 46 heavy (non-hydrogen) atoms. The maximum atomic E-state index is 11.7. The summed E-state index contributed by atoms with van der Waals surface area (Å²) in [7, 11) is 0. The molecule has 2 aliphatic carbocycles. The van der Waals surface area contributed by atoms with Crippen molar-refractivity contribution < 1.29 is 9.84 Å². The largest absolute Gasteiger partial charge is 0.386 e. The molecule has 1 saturated heterocycles. The molecule has 0 bridgehead atoms. The number of rotatable bonds is 14. The van der Waals surface area contributed by atoms with Gasteiger partial charge in [0, 0.05) is 13.2 Å². The molecule has 1 N–H and O–H groups in total. The van der Waals surface area contributed by atoms with Crippen LogP contribution in [0.3, 0.4) is 0 Å². The Balaban J connectivity index is 1.33. The van der Waals surface area contributed by atoms with Crippen molar-refractivity contribution in [1.29, 1.82) is 5.26 Å². The SMILES string of the molecule is CCCC(CC)CCC(C)(O)C1=CC(CC)=C(C/C(C)=C/c2cccc(-c3ccc(CC4CCOCC4)c(C#N)c3)c2C)C2CC12. The van der Waals surface area contributed by atoms with Gasteiger partial charge in [0.25, 0.3) is 0 Å². The van der Waals surface area contributed by atoms with Crippen LogP contribution in [0, 0.1) is 41.9 Å². The Morgan fingerprint density at radius 3 is 2.59 bits per heavy atom. The minimum atomic E-state index is -0.705. The number of ether oxygens (including phenoxy) is 1. The number of hydrogen-bond donors (Lipinski definition) is 1. The summed E-state index contributed by atoms with van der Waals surface area (Å²) in [6.45, 7) is 15.1. The first-order chi connectivity index (χ1) is 22.2. The molecule has 5 rings (SSSR count). The van der Waals surface area contributed by atoms with Crippen LogP contribution >= 0.6 is 0 Å². The second kappa shape index (κ2) is 15.3. The van der Waals surface area contributed by atoms with E-state index in [-0.39, 0.29) is 0 Å². The number of nitriles is 1. The Labute approximate surface area is 279 Å². The van der Waals surface area contributed by atoms with Crippen LogP contribution in [0.5, 0.6) is 0 Å². The lowest BCUT2D eigenvalue weighted by Crippen LogP contribution is -2.30. The number of fused-ring (bicyclic) bond motifs is 1. The second-order valence-corrected chi connectivity index (χ2v) is 14.8. The highest BCUT2D eigenvalue weighted by Crippen LogP contribution is 2.58. The molecule has 1 heterocycles. The van der Waals surface area contributed by atoms with E-state index in [0.717, 1.165) is 80.8 Å². The molecule has 3 heteroatoms. The number of hydrogen-bond acceptors (Lipinski definition) is 3. The lowest BCUT2D eigenvalue weighted by Gasteiger charge is -2.32. The van der Waals surface area contributed by atoms with Gasteiger partial charge < -0.3 is 9.84 Å². The van der Waals surface area contributed by atoms with Crippen LogP contribution in [0.1, 0.15) is 121 Å². The molecule has 246 valence electrons. The summed E-state index contributed by atoms with van der Waals surface area (Å²) < 4.78 is 5.54. The van der Waals surface area contributed by atoms with Crippen molar-refractivity contribution in [3.8, 4) is 17.2 Å². The topological polar surface area (TPSA) is 53.2 Å². The molecular weight excluding hydrogens is 562 g/mol. The Morgan fingerprint density at radius 1 is 1.11 bits per heavy atom. The van der Waals surface area contributed by atoms with Gasteiger partial charge in [-0.1, -0.05) is 93.7 Å². The molecular formula is C43H57NO2. The van der Waals surface area contributed by atoms with Gasteiger partial charge in [-0.2, -0.15) is 5.26 Å². The number of benzene rings is 2. The van der Waals surface area contributed by atoms with Crippen molar-refractivity contribution in [3.05, 3.63) is 87.0 Å². The van der Waals surface area contributed by atoms with Crippen LogP contribution in [-0.4, -0.2) is 23.9 Å². The van der Waals surface area contributed by atoms with E-state index in [1.807, 2.05) is 0 Å². The molecule has 2 aromatic carbocycles. The van der Waals surface area contributed by atoms with Crippen molar-refractivity contribution in [3.63, 3.8) is 0 Å². The molecule has 0 amide bonds. The maximum Gasteiger partial charge on any atom is 0.0994 e. The molecule has 3 aliphatic rings. The standard InChI is InChI=1S/C43H57NO2/c1-7-11-31(8-2)16-19-43(6,45)42-26-33(9-3)39(40-27-41(40)42)23-29(4)22-34-12-10-13-38(30(34)5)36-15-14-35(37(25-36)28-44)24-32-17-20-46-21-18-32/h10,12-15,22,25-26,31-32,40-41,45H,7-9,11,16-21,23-24,27H2,1-6H3/b29-22+. The summed E-state index contributed by atoms with van der Waals surface area (Å²) in [6, 6.07) is 15.5. The third-order valence-electron chi connectivity index (χ3n) is 11.3. The zero-order valence-corrected chi connectivity index (χ0v) is 29.4. The van der Waals surface area contributed by atoms with Crippen molar-refractivity contribution in [2.75, 3.05) is 13.2 Å². The highest BCUT2D eigenvalue weighted by molar-refractivity contribution is 5.74. The van der Waals surface area contributed by atoms with Gasteiger partial charge in [-0.25, -0.2) is 0 Å². The Hall–Kier alpha value is -2.93. The Morgan fingerprint density at radius 2 is 1.89 bits per heavy atom. The van der Waals surface area contributed by atoms with Gasteiger partial charge in [0.2, 0.25) is 0 Å². The van der Waals surface area contributed by atoms with Gasteiger partial charge in [0.05, 0.1) is 17.2 Å². The first kappa shape index (κ1) is 34.4. The summed E-state index contributed by atoms with van der Waals surface area (Å²) in [5, 5.41) is 21.7. The fraction of sp³-hybridized carbons (Fsp3) is 0.558. The van der Waals surface area contributed by atoms with Crippen molar-refractivity contribution >= 4 is 6.08 Å². The van der Waals surface area contributed by atoms with Crippen LogP contribution in [0.2, 0.25) is 0 Å². The average Bonchev–Trinajstić information content (AvgIpc) is 3.86. The smallest absolute Gasteiger partial charge is 0.0994 e. The maximum absolute atomic E-state index is 11.7. The van der Waals surface area contributed by atoms with Gasteiger partial charge in [-0.15, -0.1) is 0 Å². The monoisotopic (exact) mass is 619 g/mol. The number of aliphatic hydroxyl groups is 1. The van der Waals surface area contributed by atoms with E-state index in [1.165, 1.54) is 59.1 Å². The quantitative estimate of drug-likeness (QED) is 0.229. The molecule has 4 atom stereocenters. The molecule has 1 saturated carbocycles. The summed E-state index contributed by atoms with van der Waals surface area (Å²) in [5.74, 6) is 2.41. The average molecular weight is 620 g/mol. The highest BCUT2D eigenvalue weighted by atomic mass is 16.5. The first-order valence-corrected chi connectivity index (χ1v) is 18.2. The van der Waals surface area contributed by atoms with Gasteiger partial charge in [0.1, 0.15) is 0 Å². The molecule has 2 fully saturated rings. The number of nitrogens with zero attached hydrogens (tertiary/aromatic N) is 1. The third kappa shape index (κ3) is 7.95. The molecule has 1 aliphatic heterocycles. The third-order valence-corrected chi connectivity index (χ3v) is 11.3. The van der Waals surface area contributed by atoms with E-state index < -0.39 is 5.60 Å².